The first-order valence-corrected chi connectivity index (χ1v) is 9.54. The van der Waals surface area contributed by atoms with Gasteiger partial charge in [0.25, 0.3) is 0 Å². The number of ether oxygens (including phenoxy) is 2. The van der Waals surface area contributed by atoms with Gasteiger partial charge in [0.15, 0.2) is 0 Å². The summed E-state index contributed by atoms with van der Waals surface area (Å²) in [6.45, 7) is 5.36. The molecule has 2 heterocycles. The molecule has 4 rings (SSSR count). The second-order valence-electron chi connectivity index (χ2n) is 7.14. The molecule has 1 unspecified atom stereocenters. The smallest absolute Gasteiger partial charge is 0.119 e. The number of nitrogens with one attached hydrogen (secondary N) is 1. The fraction of sp³-hybridized carbons (Fsp3) is 0.476. The van der Waals surface area contributed by atoms with Crippen molar-refractivity contribution in [3.05, 3.63) is 59.9 Å². The van der Waals surface area contributed by atoms with Crippen LogP contribution in [-0.4, -0.2) is 48.3 Å². The maximum absolute atomic E-state index is 5.89. The molecule has 0 radical (unpaired) electrons. The van der Waals surface area contributed by atoms with Crippen LogP contribution >= 0.6 is 0 Å². The van der Waals surface area contributed by atoms with E-state index in [1.54, 1.807) is 12.4 Å². The summed E-state index contributed by atoms with van der Waals surface area (Å²) in [5.41, 5.74) is 2.38. The molecular formula is C21H27N3O2. The van der Waals surface area contributed by atoms with Gasteiger partial charge < -0.3 is 14.8 Å². The van der Waals surface area contributed by atoms with Crippen LogP contribution in [0.5, 0.6) is 5.75 Å². The first-order valence-electron chi connectivity index (χ1n) is 9.54. The fourth-order valence-corrected chi connectivity index (χ4v) is 3.36. The van der Waals surface area contributed by atoms with Crippen LogP contribution in [0, 0.1) is 0 Å². The minimum Gasteiger partial charge on any atom is -0.489 e. The molecule has 1 aliphatic carbocycles. The number of benzene rings is 1. The molecule has 1 N–H and O–H groups in total. The molecule has 138 valence electrons. The third-order valence-corrected chi connectivity index (χ3v) is 5.01. The van der Waals surface area contributed by atoms with Gasteiger partial charge in [-0.2, -0.15) is 0 Å². The third kappa shape index (κ3) is 5.04. The first kappa shape index (κ1) is 17.5. The zero-order valence-electron chi connectivity index (χ0n) is 15.1. The lowest BCUT2D eigenvalue weighted by Crippen LogP contribution is -2.47. The van der Waals surface area contributed by atoms with Crippen molar-refractivity contribution < 1.29 is 9.47 Å². The molecule has 2 aromatic rings. The van der Waals surface area contributed by atoms with Crippen molar-refractivity contribution in [2.75, 3.05) is 26.2 Å². The Balaban J connectivity index is 1.18. The van der Waals surface area contributed by atoms with Crippen molar-refractivity contribution in [2.24, 2.45) is 0 Å². The molecule has 2 fully saturated rings. The van der Waals surface area contributed by atoms with E-state index in [0.29, 0.717) is 12.7 Å². The Labute approximate surface area is 155 Å². The monoisotopic (exact) mass is 353 g/mol. The minimum absolute atomic E-state index is 0.312. The quantitative estimate of drug-likeness (QED) is 0.790. The van der Waals surface area contributed by atoms with Crippen molar-refractivity contribution in [3.63, 3.8) is 0 Å². The highest BCUT2D eigenvalue weighted by Crippen LogP contribution is 2.28. The summed E-state index contributed by atoms with van der Waals surface area (Å²) in [7, 11) is 0. The molecule has 1 saturated carbocycles. The summed E-state index contributed by atoms with van der Waals surface area (Å²) in [5, 5.41) is 3.53. The molecule has 2 aliphatic rings. The normalized spacial score (nSPS) is 20.8. The molecule has 0 spiro atoms. The summed E-state index contributed by atoms with van der Waals surface area (Å²) in [6, 6.07) is 13.1. The zero-order valence-corrected chi connectivity index (χ0v) is 15.1. The van der Waals surface area contributed by atoms with Crippen molar-refractivity contribution in [3.8, 4) is 5.75 Å². The predicted molar refractivity (Wildman–Crippen MR) is 101 cm³/mol. The van der Waals surface area contributed by atoms with Crippen LogP contribution < -0.4 is 10.1 Å². The van der Waals surface area contributed by atoms with Gasteiger partial charge in [0, 0.05) is 44.6 Å². The molecule has 1 aromatic heterocycles. The number of morpholine rings is 1. The molecule has 5 nitrogen and oxygen atoms in total. The molecule has 26 heavy (non-hydrogen) atoms. The van der Waals surface area contributed by atoms with Crippen LogP contribution in [0.15, 0.2) is 48.8 Å². The number of hydrogen-bond donors (Lipinski definition) is 1. The van der Waals surface area contributed by atoms with Crippen LogP contribution in [0.1, 0.15) is 24.0 Å². The second kappa shape index (κ2) is 8.62. The van der Waals surface area contributed by atoms with Crippen molar-refractivity contribution in [1.29, 1.82) is 0 Å². The minimum atomic E-state index is 0.312. The van der Waals surface area contributed by atoms with Gasteiger partial charge >= 0.3 is 0 Å². The molecule has 1 saturated heterocycles. The molecule has 1 aromatic carbocycles. The standard InChI is InChI=1S/C21H27N3O2/c1-5-20(26-16-18-7-9-22-10-8-18)6-2-17(1)13-23-14-21-15-24(11-12-25-21)19-3-4-19/h1-2,5-10,19,21,23H,3-4,11-16H2. The van der Waals surface area contributed by atoms with Crippen molar-refractivity contribution >= 4 is 0 Å². The number of rotatable bonds is 8. The lowest BCUT2D eigenvalue weighted by Gasteiger charge is -2.33. The Morgan fingerprint density at radius 3 is 2.65 bits per heavy atom. The van der Waals surface area contributed by atoms with Gasteiger partial charge in [-0.25, -0.2) is 0 Å². The first-order chi connectivity index (χ1) is 12.9. The van der Waals surface area contributed by atoms with Crippen LogP contribution in [0.25, 0.3) is 0 Å². The highest BCUT2D eigenvalue weighted by atomic mass is 16.5. The SMILES string of the molecule is c1cc(COc2ccc(CNCC3CN(C4CC4)CCO3)cc2)ccn1. The van der Waals surface area contributed by atoms with E-state index in [9.17, 15) is 0 Å². The highest BCUT2D eigenvalue weighted by molar-refractivity contribution is 5.27. The molecule has 0 bridgehead atoms. The van der Waals surface area contributed by atoms with E-state index in [-0.39, 0.29) is 0 Å². The van der Waals surface area contributed by atoms with Crippen LogP contribution in [0.4, 0.5) is 0 Å². The molecule has 1 atom stereocenters. The lowest BCUT2D eigenvalue weighted by molar-refractivity contribution is -0.0301. The lowest BCUT2D eigenvalue weighted by atomic mass is 10.2. The summed E-state index contributed by atoms with van der Waals surface area (Å²) in [5.74, 6) is 0.890. The van der Waals surface area contributed by atoms with E-state index in [1.165, 1.54) is 18.4 Å². The number of pyridine rings is 1. The van der Waals surface area contributed by atoms with E-state index < -0.39 is 0 Å². The summed E-state index contributed by atoms with van der Waals surface area (Å²) in [6.07, 6.45) is 6.62. The number of aromatic nitrogens is 1. The van der Waals surface area contributed by atoms with E-state index >= 15 is 0 Å². The van der Waals surface area contributed by atoms with Gasteiger partial charge in [-0.1, -0.05) is 12.1 Å². The molecule has 5 heteroatoms. The Kier molecular flexibility index (Phi) is 5.79. The average Bonchev–Trinajstić information content (AvgIpc) is 3.54. The van der Waals surface area contributed by atoms with Crippen LogP contribution in [-0.2, 0) is 17.9 Å². The van der Waals surface area contributed by atoms with Crippen LogP contribution in [0.2, 0.25) is 0 Å². The van der Waals surface area contributed by atoms with Gasteiger partial charge in [-0.15, -0.1) is 0 Å². The zero-order chi connectivity index (χ0) is 17.6. The predicted octanol–water partition coefficient (Wildman–Crippen LogP) is 2.61. The number of nitrogens with zero attached hydrogens (tertiary/aromatic N) is 2. The van der Waals surface area contributed by atoms with Gasteiger partial charge in [0.05, 0.1) is 12.7 Å². The fourth-order valence-electron chi connectivity index (χ4n) is 3.36. The topological polar surface area (TPSA) is 46.6 Å². The number of hydrogen-bond acceptors (Lipinski definition) is 5. The van der Waals surface area contributed by atoms with Gasteiger partial charge in [0.1, 0.15) is 12.4 Å². The van der Waals surface area contributed by atoms with E-state index in [4.69, 9.17) is 9.47 Å². The van der Waals surface area contributed by atoms with Gasteiger partial charge in [0.2, 0.25) is 0 Å². The summed E-state index contributed by atoms with van der Waals surface area (Å²) >= 11 is 0. The largest absolute Gasteiger partial charge is 0.489 e. The van der Waals surface area contributed by atoms with Gasteiger partial charge in [-0.05, 0) is 48.2 Å². The van der Waals surface area contributed by atoms with Crippen molar-refractivity contribution in [1.82, 2.24) is 15.2 Å². The van der Waals surface area contributed by atoms with E-state index in [1.807, 2.05) is 24.3 Å². The van der Waals surface area contributed by atoms with Crippen molar-refractivity contribution in [2.45, 2.75) is 38.1 Å². The van der Waals surface area contributed by atoms with E-state index in [0.717, 1.165) is 50.1 Å². The Morgan fingerprint density at radius 2 is 1.88 bits per heavy atom. The van der Waals surface area contributed by atoms with Gasteiger partial charge in [-0.3, -0.25) is 9.88 Å². The molecule has 0 amide bonds. The molecule has 1 aliphatic heterocycles. The molecular weight excluding hydrogens is 326 g/mol. The highest BCUT2D eigenvalue weighted by Gasteiger charge is 2.32. The summed E-state index contributed by atoms with van der Waals surface area (Å²) < 4.78 is 11.7. The Morgan fingerprint density at radius 1 is 1.08 bits per heavy atom. The Bertz CT molecular complexity index is 673. The average molecular weight is 353 g/mol. The Hall–Kier alpha value is -1.95. The third-order valence-electron chi connectivity index (χ3n) is 5.01. The van der Waals surface area contributed by atoms with Crippen LogP contribution in [0.3, 0.4) is 0 Å². The van der Waals surface area contributed by atoms with E-state index in [2.05, 4.69) is 27.3 Å². The maximum atomic E-state index is 5.89. The second-order valence-corrected chi connectivity index (χ2v) is 7.14. The summed E-state index contributed by atoms with van der Waals surface area (Å²) in [4.78, 5) is 6.60. The maximum Gasteiger partial charge on any atom is 0.119 e.